The van der Waals surface area contributed by atoms with Gasteiger partial charge in [-0.1, -0.05) is 48.1 Å². The largest absolute Gasteiger partial charge is 0.446 e. The highest BCUT2D eigenvalue weighted by Crippen LogP contribution is 2.63. The Balaban J connectivity index is 1.94. The highest BCUT2D eigenvalue weighted by atomic mass is 35.5. The van der Waals surface area contributed by atoms with Gasteiger partial charge >= 0.3 is 0 Å². The van der Waals surface area contributed by atoms with E-state index < -0.39 is 15.3 Å². The van der Waals surface area contributed by atoms with E-state index in [1.165, 1.54) is 6.26 Å². The summed E-state index contributed by atoms with van der Waals surface area (Å²) < 4.78 is 29.6. The van der Waals surface area contributed by atoms with Crippen LogP contribution >= 0.6 is 22.2 Å². The third-order valence-electron chi connectivity index (χ3n) is 4.42. The lowest BCUT2D eigenvalue weighted by Gasteiger charge is -2.40. The first-order chi connectivity index (χ1) is 12.4. The van der Waals surface area contributed by atoms with Gasteiger partial charge in [0, 0.05) is 16.5 Å². The van der Waals surface area contributed by atoms with E-state index >= 15 is 0 Å². The Morgan fingerprint density at radius 2 is 1.70 bits per heavy atom. The predicted molar refractivity (Wildman–Crippen MR) is 107 cm³/mol. The molecule has 2 aromatic heterocycles. The quantitative estimate of drug-likeness (QED) is 0.572. The Morgan fingerprint density at radius 3 is 2.26 bits per heavy atom. The summed E-state index contributed by atoms with van der Waals surface area (Å²) in [6.07, 6.45) is 1.47. The second kappa shape index (κ2) is 6.67. The van der Waals surface area contributed by atoms with Crippen LogP contribution in [-0.2, 0) is 10.2 Å². The second-order valence-corrected chi connectivity index (χ2v) is 11.0. The molecule has 146 valence electrons. The van der Waals surface area contributed by atoms with E-state index in [4.69, 9.17) is 25.1 Å². The lowest BCUT2D eigenvalue weighted by atomic mass is 9.93. The summed E-state index contributed by atoms with van der Waals surface area (Å²) in [5.74, 6) is 1.00. The van der Waals surface area contributed by atoms with Gasteiger partial charge < -0.3 is 13.5 Å². The predicted octanol–water partition coefficient (Wildman–Crippen LogP) is 5.49. The molecule has 1 aromatic carbocycles. The van der Waals surface area contributed by atoms with Gasteiger partial charge in [-0.3, -0.25) is 4.55 Å². The maximum Gasteiger partial charge on any atom is 0.224 e. The van der Waals surface area contributed by atoms with Crippen LogP contribution in [0.25, 0.3) is 11.4 Å². The van der Waals surface area contributed by atoms with Crippen molar-refractivity contribution < 1.29 is 18.0 Å². The highest BCUT2D eigenvalue weighted by Gasteiger charge is 2.45. The van der Waals surface area contributed by atoms with E-state index in [0.29, 0.717) is 21.3 Å². The molecule has 0 amide bonds. The van der Waals surface area contributed by atoms with Gasteiger partial charge in [0.15, 0.2) is 4.75 Å². The van der Waals surface area contributed by atoms with E-state index in [2.05, 4.69) is 10.1 Å². The zero-order valence-electron chi connectivity index (χ0n) is 15.9. The van der Waals surface area contributed by atoms with Gasteiger partial charge in [0.2, 0.25) is 5.89 Å². The SMILES string of the molecule is CC(C)(C)c1cc(-c2coc(C(C)(C)S(O)([OH2+])c3ccc(Cl)cc3)n2)no1. The zero-order chi connectivity index (χ0) is 20.0. The molecule has 0 bridgehead atoms. The maximum atomic E-state index is 11.0. The highest BCUT2D eigenvalue weighted by molar-refractivity contribution is 8.25. The topological polar surface area (TPSA) is 95.2 Å². The molecule has 1 unspecified atom stereocenters. The van der Waals surface area contributed by atoms with E-state index in [1.807, 2.05) is 26.8 Å². The van der Waals surface area contributed by atoms with E-state index in [9.17, 15) is 4.55 Å². The molecule has 0 saturated carbocycles. The van der Waals surface area contributed by atoms with Crippen molar-refractivity contribution in [2.24, 2.45) is 0 Å². The average molecular weight is 412 g/mol. The third kappa shape index (κ3) is 3.65. The number of aromatic nitrogens is 2. The molecular weight excluding hydrogens is 388 g/mol. The van der Waals surface area contributed by atoms with Crippen molar-refractivity contribution in [1.82, 2.24) is 10.1 Å². The van der Waals surface area contributed by atoms with Crippen LogP contribution in [-0.4, -0.2) is 19.2 Å². The van der Waals surface area contributed by atoms with Crippen molar-refractivity contribution in [3.63, 3.8) is 0 Å². The molecule has 0 radical (unpaired) electrons. The number of nitrogens with zero attached hydrogens (tertiary/aromatic N) is 2. The molecule has 3 N–H and O–H groups in total. The van der Waals surface area contributed by atoms with Gasteiger partial charge in [-0.05, 0) is 38.1 Å². The van der Waals surface area contributed by atoms with Crippen LogP contribution in [0.1, 0.15) is 46.3 Å². The molecule has 0 aliphatic rings. The minimum atomic E-state index is -3.00. The Hall–Kier alpha value is -1.80. The van der Waals surface area contributed by atoms with Crippen molar-refractivity contribution >= 4 is 22.2 Å². The first kappa shape index (κ1) is 19.9. The summed E-state index contributed by atoms with van der Waals surface area (Å²) >= 11 is 5.92. The standard InChI is InChI=1S/C19H23ClN2O4S/c1-18(2,3)16-10-14(22-26-16)15-11-25-17(21-15)19(4,5)27(23,24)13-8-6-12(20)7-9-13/h6-11,23-24H,1-5H3/p+1. The van der Waals surface area contributed by atoms with Crippen LogP contribution in [0.4, 0.5) is 0 Å². The molecule has 0 aliphatic carbocycles. The molecule has 3 rings (SSSR count). The Labute approximate surface area is 164 Å². The lowest BCUT2D eigenvalue weighted by molar-refractivity contribution is 0.330. The van der Waals surface area contributed by atoms with Gasteiger partial charge in [0.1, 0.15) is 28.3 Å². The number of hydrogen-bond acceptors (Lipinski definition) is 5. The van der Waals surface area contributed by atoms with Crippen molar-refractivity contribution in [1.29, 1.82) is 0 Å². The van der Waals surface area contributed by atoms with Crippen LogP contribution in [0.2, 0.25) is 5.02 Å². The fourth-order valence-electron chi connectivity index (χ4n) is 2.47. The normalized spacial score (nSPS) is 16.1. The average Bonchev–Trinajstić information content (AvgIpc) is 3.24. The Kier molecular flexibility index (Phi) is 4.93. The summed E-state index contributed by atoms with van der Waals surface area (Å²) in [4.78, 5) is 4.96. The van der Waals surface area contributed by atoms with Gasteiger partial charge in [0.05, 0.1) is 0 Å². The molecule has 0 saturated heterocycles. The van der Waals surface area contributed by atoms with Crippen molar-refractivity contribution in [2.45, 2.75) is 49.7 Å². The summed E-state index contributed by atoms with van der Waals surface area (Å²) in [7, 11) is -3.00. The molecule has 6 nitrogen and oxygen atoms in total. The van der Waals surface area contributed by atoms with Gasteiger partial charge in [0.25, 0.3) is 0 Å². The number of oxazole rings is 1. The van der Waals surface area contributed by atoms with E-state index in [-0.39, 0.29) is 11.3 Å². The number of rotatable bonds is 4. The molecule has 1 atom stereocenters. The van der Waals surface area contributed by atoms with Crippen molar-refractivity contribution in [3.8, 4) is 11.4 Å². The molecule has 27 heavy (non-hydrogen) atoms. The minimum absolute atomic E-state index is 0.169. The van der Waals surface area contributed by atoms with Crippen molar-refractivity contribution in [3.05, 3.63) is 53.3 Å². The molecule has 0 fully saturated rings. The number of benzene rings is 1. The van der Waals surface area contributed by atoms with Crippen LogP contribution < -0.4 is 0 Å². The van der Waals surface area contributed by atoms with Crippen LogP contribution in [0, 0.1) is 0 Å². The molecular formula is C19H24ClN2O4S+. The van der Waals surface area contributed by atoms with Gasteiger partial charge in [-0.2, -0.15) is 0 Å². The second-order valence-electron chi connectivity index (χ2n) is 7.91. The summed E-state index contributed by atoms with van der Waals surface area (Å²) in [5, 5.41) is 4.61. The fraction of sp³-hybridized carbons (Fsp3) is 0.368. The van der Waals surface area contributed by atoms with E-state index in [1.54, 1.807) is 38.1 Å². The molecule has 0 aliphatic heterocycles. The summed E-state index contributed by atoms with van der Waals surface area (Å²) in [5.41, 5.74) is 0.890. The van der Waals surface area contributed by atoms with Crippen LogP contribution in [0.3, 0.4) is 0 Å². The maximum absolute atomic E-state index is 11.0. The first-order valence-electron chi connectivity index (χ1n) is 8.42. The van der Waals surface area contributed by atoms with E-state index in [0.717, 1.165) is 5.76 Å². The van der Waals surface area contributed by atoms with Gasteiger partial charge in [-0.15, -0.1) is 0 Å². The van der Waals surface area contributed by atoms with Crippen LogP contribution in [0.5, 0.6) is 0 Å². The molecule has 3 aromatic rings. The summed E-state index contributed by atoms with van der Waals surface area (Å²) in [6.45, 7) is 9.57. The Morgan fingerprint density at radius 1 is 1.07 bits per heavy atom. The smallest absolute Gasteiger partial charge is 0.224 e. The lowest BCUT2D eigenvalue weighted by Crippen LogP contribution is -2.26. The zero-order valence-corrected chi connectivity index (χ0v) is 17.5. The molecule has 0 spiro atoms. The molecule has 2 heterocycles. The third-order valence-corrected chi connectivity index (χ3v) is 7.28. The number of hydrogen-bond donors (Lipinski definition) is 1. The van der Waals surface area contributed by atoms with Crippen molar-refractivity contribution in [2.75, 3.05) is 0 Å². The number of halogens is 1. The Bertz CT molecular complexity index is 939. The summed E-state index contributed by atoms with van der Waals surface area (Å²) in [6, 6.07) is 8.45. The van der Waals surface area contributed by atoms with Crippen LogP contribution in [0.15, 0.2) is 50.4 Å². The minimum Gasteiger partial charge on any atom is -0.446 e. The fourth-order valence-corrected chi connectivity index (χ4v) is 4.06. The first-order valence-corrected chi connectivity index (χ1v) is 10.4. The monoisotopic (exact) mass is 411 g/mol. The van der Waals surface area contributed by atoms with Gasteiger partial charge in [-0.25, -0.2) is 4.98 Å². The molecule has 8 heteroatoms.